The van der Waals surface area contributed by atoms with Crippen LogP contribution in [0.25, 0.3) is 0 Å². The minimum Gasteiger partial charge on any atom is -0.464 e. The maximum Gasteiger partial charge on any atom is 0.360 e. The van der Waals surface area contributed by atoms with Crippen LogP contribution in [0.1, 0.15) is 35.9 Å². The predicted octanol–water partition coefficient (Wildman–Crippen LogP) is 1.03. The van der Waals surface area contributed by atoms with Crippen LogP contribution in [-0.2, 0) is 27.4 Å². The van der Waals surface area contributed by atoms with Crippen LogP contribution in [0.4, 0.5) is 0 Å². The highest BCUT2D eigenvalue weighted by atomic mass is 16.5. The van der Waals surface area contributed by atoms with E-state index in [9.17, 15) is 4.79 Å². The Morgan fingerprint density at radius 1 is 1.32 bits per heavy atom. The van der Waals surface area contributed by atoms with Gasteiger partial charge in [-0.3, -0.25) is 0 Å². The minimum atomic E-state index is -0.509. The number of unbranched alkanes of at least 4 members (excludes halogenated alkanes) is 1. The van der Waals surface area contributed by atoms with Gasteiger partial charge in [0.2, 0.25) is 0 Å². The summed E-state index contributed by atoms with van der Waals surface area (Å²) in [5.74, 6) is -0.509. The van der Waals surface area contributed by atoms with Gasteiger partial charge in [-0.2, -0.15) is 0 Å². The molecule has 19 heavy (non-hydrogen) atoms. The number of nitrogens with zero attached hydrogens (tertiary/aromatic N) is 3. The van der Waals surface area contributed by atoms with Crippen LogP contribution in [0.5, 0.6) is 0 Å². The standard InChI is InChI=1S/C12H21N3O4/c1-4-5-7-19-8-6-15-10(9-17-2)11(13-14-15)12(16)18-3/h4-9H2,1-3H3. The van der Waals surface area contributed by atoms with E-state index >= 15 is 0 Å². The Kier molecular flexibility index (Phi) is 7.06. The number of methoxy groups -OCH3 is 2. The molecule has 0 aliphatic carbocycles. The highest BCUT2D eigenvalue weighted by molar-refractivity contribution is 5.88. The molecule has 1 rings (SSSR count). The lowest BCUT2D eigenvalue weighted by molar-refractivity contribution is 0.0588. The third kappa shape index (κ3) is 4.60. The Bertz CT molecular complexity index is 392. The van der Waals surface area contributed by atoms with E-state index in [4.69, 9.17) is 9.47 Å². The van der Waals surface area contributed by atoms with Crippen LogP contribution in [0, 0.1) is 0 Å². The summed E-state index contributed by atoms with van der Waals surface area (Å²) in [6, 6.07) is 0. The summed E-state index contributed by atoms with van der Waals surface area (Å²) in [5.41, 5.74) is 0.798. The fourth-order valence-electron chi connectivity index (χ4n) is 1.55. The van der Waals surface area contributed by atoms with Gasteiger partial charge in [-0.25, -0.2) is 9.48 Å². The third-order valence-electron chi connectivity index (χ3n) is 2.59. The number of esters is 1. The molecule has 1 heterocycles. The molecule has 0 fully saturated rings. The second kappa shape index (κ2) is 8.60. The maximum atomic E-state index is 11.5. The van der Waals surface area contributed by atoms with Crippen molar-refractivity contribution in [2.75, 3.05) is 27.4 Å². The van der Waals surface area contributed by atoms with Crippen molar-refractivity contribution in [1.29, 1.82) is 0 Å². The molecule has 1 aromatic rings. The van der Waals surface area contributed by atoms with Crippen molar-refractivity contribution in [3.05, 3.63) is 11.4 Å². The molecule has 0 saturated carbocycles. The lowest BCUT2D eigenvalue weighted by Crippen LogP contribution is -2.14. The average Bonchev–Trinajstić information content (AvgIpc) is 2.81. The number of carbonyl (C=O) groups excluding carboxylic acids is 1. The summed E-state index contributed by atoms with van der Waals surface area (Å²) in [7, 11) is 2.86. The van der Waals surface area contributed by atoms with Crippen LogP contribution in [0.2, 0.25) is 0 Å². The average molecular weight is 271 g/mol. The van der Waals surface area contributed by atoms with Gasteiger partial charge in [-0.15, -0.1) is 5.10 Å². The van der Waals surface area contributed by atoms with Gasteiger partial charge in [0.1, 0.15) is 0 Å². The Labute approximate surface area is 112 Å². The van der Waals surface area contributed by atoms with Gasteiger partial charge >= 0.3 is 5.97 Å². The van der Waals surface area contributed by atoms with E-state index < -0.39 is 5.97 Å². The Hall–Kier alpha value is -1.47. The van der Waals surface area contributed by atoms with E-state index in [0.717, 1.165) is 19.4 Å². The number of aromatic nitrogens is 3. The lowest BCUT2D eigenvalue weighted by Gasteiger charge is -2.07. The SMILES string of the molecule is CCCCOCCn1nnc(C(=O)OC)c1COC. The highest BCUT2D eigenvalue weighted by Crippen LogP contribution is 2.08. The molecule has 0 bridgehead atoms. The van der Waals surface area contributed by atoms with Crippen LogP contribution in [0.3, 0.4) is 0 Å². The molecule has 0 saturated heterocycles. The molecule has 0 N–H and O–H groups in total. The van der Waals surface area contributed by atoms with Crippen molar-refractivity contribution < 1.29 is 19.0 Å². The lowest BCUT2D eigenvalue weighted by atomic mass is 10.3. The molecule has 0 atom stereocenters. The van der Waals surface area contributed by atoms with Crippen molar-refractivity contribution in [3.8, 4) is 0 Å². The Morgan fingerprint density at radius 3 is 2.74 bits per heavy atom. The van der Waals surface area contributed by atoms with Crippen LogP contribution in [0.15, 0.2) is 0 Å². The second-order valence-electron chi connectivity index (χ2n) is 4.00. The summed E-state index contributed by atoms with van der Waals surface area (Å²) in [6.45, 7) is 4.16. The molecular weight excluding hydrogens is 250 g/mol. The second-order valence-corrected chi connectivity index (χ2v) is 4.00. The zero-order valence-electron chi connectivity index (χ0n) is 11.7. The van der Waals surface area contributed by atoms with Crippen molar-refractivity contribution >= 4 is 5.97 Å². The number of hydrogen-bond acceptors (Lipinski definition) is 6. The molecule has 0 unspecified atom stereocenters. The smallest absolute Gasteiger partial charge is 0.360 e. The predicted molar refractivity (Wildman–Crippen MR) is 67.8 cm³/mol. The van der Waals surface area contributed by atoms with E-state index in [1.54, 1.807) is 11.8 Å². The molecular formula is C12H21N3O4. The number of rotatable bonds is 9. The van der Waals surface area contributed by atoms with E-state index in [1.807, 2.05) is 0 Å². The molecule has 0 radical (unpaired) electrons. The Balaban J connectivity index is 2.61. The Morgan fingerprint density at radius 2 is 2.11 bits per heavy atom. The van der Waals surface area contributed by atoms with Crippen LogP contribution in [-0.4, -0.2) is 48.4 Å². The van der Waals surface area contributed by atoms with Gasteiger partial charge in [0.15, 0.2) is 5.69 Å². The normalized spacial score (nSPS) is 10.7. The fourth-order valence-corrected chi connectivity index (χ4v) is 1.55. The molecule has 0 aromatic carbocycles. The summed E-state index contributed by atoms with van der Waals surface area (Å²) in [6.07, 6.45) is 2.14. The monoisotopic (exact) mass is 271 g/mol. The van der Waals surface area contributed by atoms with Crippen molar-refractivity contribution in [2.24, 2.45) is 0 Å². The minimum absolute atomic E-state index is 0.193. The van der Waals surface area contributed by atoms with E-state index in [2.05, 4.69) is 22.0 Å². The number of ether oxygens (including phenoxy) is 3. The number of hydrogen-bond donors (Lipinski definition) is 0. The molecule has 108 valence electrons. The van der Waals surface area contributed by atoms with Gasteiger partial charge in [0.25, 0.3) is 0 Å². The molecule has 1 aromatic heterocycles. The first-order valence-electron chi connectivity index (χ1n) is 6.31. The molecule has 7 nitrogen and oxygen atoms in total. The third-order valence-corrected chi connectivity index (χ3v) is 2.59. The topological polar surface area (TPSA) is 75.5 Å². The first-order chi connectivity index (χ1) is 9.24. The first kappa shape index (κ1) is 15.6. The molecule has 7 heteroatoms. The fraction of sp³-hybridized carbons (Fsp3) is 0.750. The van der Waals surface area contributed by atoms with Crippen molar-refractivity contribution in [1.82, 2.24) is 15.0 Å². The van der Waals surface area contributed by atoms with E-state index in [0.29, 0.717) is 18.8 Å². The van der Waals surface area contributed by atoms with E-state index in [-0.39, 0.29) is 12.3 Å². The van der Waals surface area contributed by atoms with Gasteiger partial charge < -0.3 is 14.2 Å². The first-order valence-corrected chi connectivity index (χ1v) is 6.31. The van der Waals surface area contributed by atoms with Crippen LogP contribution >= 0.6 is 0 Å². The quantitative estimate of drug-likeness (QED) is 0.493. The van der Waals surface area contributed by atoms with Gasteiger partial charge in [0.05, 0.1) is 32.6 Å². The van der Waals surface area contributed by atoms with E-state index in [1.165, 1.54) is 7.11 Å². The molecule has 0 spiro atoms. The van der Waals surface area contributed by atoms with Crippen molar-refractivity contribution in [3.63, 3.8) is 0 Å². The zero-order valence-corrected chi connectivity index (χ0v) is 11.7. The summed E-state index contributed by atoms with van der Waals surface area (Å²) >= 11 is 0. The summed E-state index contributed by atoms with van der Waals surface area (Å²) < 4.78 is 16.8. The van der Waals surface area contributed by atoms with Crippen LogP contribution < -0.4 is 0 Å². The highest BCUT2D eigenvalue weighted by Gasteiger charge is 2.19. The maximum absolute atomic E-state index is 11.5. The molecule has 0 aliphatic heterocycles. The van der Waals surface area contributed by atoms with Gasteiger partial charge in [-0.1, -0.05) is 18.6 Å². The summed E-state index contributed by atoms with van der Waals surface area (Å²) in [5, 5.41) is 7.75. The zero-order chi connectivity index (χ0) is 14.1. The summed E-state index contributed by atoms with van der Waals surface area (Å²) in [4.78, 5) is 11.5. The molecule has 0 amide bonds. The van der Waals surface area contributed by atoms with Gasteiger partial charge in [0, 0.05) is 13.7 Å². The molecule has 0 aliphatic rings. The largest absolute Gasteiger partial charge is 0.464 e. The van der Waals surface area contributed by atoms with Crippen molar-refractivity contribution in [2.45, 2.75) is 32.9 Å². The van der Waals surface area contributed by atoms with Gasteiger partial charge in [-0.05, 0) is 6.42 Å². The number of carbonyl (C=O) groups is 1.